The molecule has 0 aliphatic heterocycles. The van der Waals surface area contributed by atoms with Crippen LogP contribution in [0.2, 0.25) is 0 Å². The number of pyridine rings is 1. The summed E-state index contributed by atoms with van der Waals surface area (Å²) in [6.07, 6.45) is 7.12. The van der Waals surface area contributed by atoms with Gasteiger partial charge in [-0.2, -0.15) is 0 Å². The Kier molecular flexibility index (Phi) is 4.32. The van der Waals surface area contributed by atoms with Crippen LogP contribution in [-0.4, -0.2) is 14.5 Å². The van der Waals surface area contributed by atoms with E-state index >= 15 is 0 Å². The van der Waals surface area contributed by atoms with Crippen LogP contribution in [0.25, 0.3) is 11.2 Å². The van der Waals surface area contributed by atoms with Crippen LogP contribution in [0.1, 0.15) is 38.4 Å². The van der Waals surface area contributed by atoms with Crippen LogP contribution in [0.15, 0.2) is 16.7 Å². The van der Waals surface area contributed by atoms with Crippen LogP contribution >= 0.6 is 27.5 Å². The van der Waals surface area contributed by atoms with E-state index in [0.29, 0.717) is 5.88 Å². The first-order chi connectivity index (χ1) is 9.67. The van der Waals surface area contributed by atoms with E-state index in [1.54, 1.807) is 0 Å². The maximum absolute atomic E-state index is 6.06. The molecule has 0 atom stereocenters. The highest BCUT2D eigenvalue weighted by molar-refractivity contribution is 9.10. The summed E-state index contributed by atoms with van der Waals surface area (Å²) in [5, 5.41) is 0. The lowest BCUT2D eigenvalue weighted by atomic mass is 9.83. The van der Waals surface area contributed by atoms with Crippen LogP contribution in [0.5, 0.6) is 0 Å². The fourth-order valence-electron chi connectivity index (χ4n) is 3.10. The first kappa shape index (κ1) is 14.3. The van der Waals surface area contributed by atoms with E-state index in [1.165, 1.54) is 25.7 Å². The van der Waals surface area contributed by atoms with Gasteiger partial charge in [-0.15, -0.1) is 11.6 Å². The van der Waals surface area contributed by atoms with Gasteiger partial charge in [-0.3, -0.25) is 0 Å². The summed E-state index contributed by atoms with van der Waals surface area (Å²) in [5.74, 6) is 2.99. The van der Waals surface area contributed by atoms with Crippen molar-refractivity contribution in [3.05, 3.63) is 22.6 Å². The molecule has 1 aliphatic rings. The van der Waals surface area contributed by atoms with Crippen molar-refractivity contribution in [3.8, 4) is 0 Å². The van der Waals surface area contributed by atoms with Gasteiger partial charge in [0.1, 0.15) is 11.3 Å². The number of hydrogen-bond acceptors (Lipinski definition) is 2. The summed E-state index contributed by atoms with van der Waals surface area (Å²) in [6, 6.07) is 2.01. The molecule has 0 unspecified atom stereocenters. The number of alkyl halides is 1. The van der Waals surface area contributed by atoms with Gasteiger partial charge in [0.05, 0.1) is 5.88 Å². The summed E-state index contributed by atoms with van der Waals surface area (Å²) in [5.41, 5.74) is 1.89. The highest BCUT2D eigenvalue weighted by atomic mass is 79.9. The van der Waals surface area contributed by atoms with Crippen LogP contribution in [0.3, 0.4) is 0 Å². The summed E-state index contributed by atoms with van der Waals surface area (Å²) >= 11 is 9.51. The number of rotatable bonds is 3. The van der Waals surface area contributed by atoms with Gasteiger partial charge in [0.25, 0.3) is 0 Å². The third-order valence-electron chi connectivity index (χ3n) is 4.33. The molecule has 0 amide bonds. The van der Waals surface area contributed by atoms with Gasteiger partial charge < -0.3 is 4.57 Å². The van der Waals surface area contributed by atoms with E-state index in [0.717, 1.165) is 39.8 Å². The molecule has 1 aliphatic carbocycles. The molecule has 0 aromatic carbocycles. The summed E-state index contributed by atoms with van der Waals surface area (Å²) in [6.45, 7) is 3.35. The van der Waals surface area contributed by atoms with Gasteiger partial charge >= 0.3 is 0 Å². The minimum atomic E-state index is 0.442. The van der Waals surface area contributed by atoms with Crippen molar-refractivity contribution in [3.63, 3.8) is 0 Å². The average molecular weight is 357 g/mol. The molecule has 3 rings (SSSR count). The molecule has 0 bridgehead atoms. The van der Waals surface area contributed by atoms with Gasteiger partial charge in [0, 0.05) is 17.2 Å². The quantitative estimate of drug-likeness (QED) is 0.742. The second-order valence-electron chi connectivity index (χ2n) is 5.89. The van der Waals surface area contributed by atoms with Crippen molar-refractivity contribution in [1.29, 1.82) is 0 Å². The predicted molar refractivity (Wildman–Crippen MR) is 85.9 cm³/mol. The van der Waals surface area contributed by atoms with E-state index in [1.807, 2.05) is 12.3 Å². The minimum absolute atomic E-state index is 0.442. The predicted octanol–water partition coefficient (Wildman–Crippen LogP) is 4.76. The second-order valence-corrected chi connectivity index (χ2v) is 7.08. The van der Waals surface area contributed by atoms with Crippen molar-refractivity contribution in [1.82, 2.24) is 14.5 Å². The Labute approximate surface area is 132 Å². The molecule has 2 heterocycles. The summed E-state index contributed by atoms with van der Waals surface area (Å²) < 4.78 is 3.18. The molecule has 20 heavy (non-hydrogen) atoms. The molecule has 1 fully saturated rings. The first-order valence-corrected chi connectivity index (χ1v) is 8.56. The van der Waals surface area contributed by atoms with E-state index in [4.69, 9.17) is 11.6 Å². The Morgan fingerprint density at radius 1 is 1.35 bits per heavy atom. The topological polar surface area (TPSA) is 30.7 Å². The number of fused-ring (bicyclic) bond motifs is 1. The van der Waals surface area contributed by atoms with Crippen LogP contribution in [0, 0.1) is 11.8 Å². The Morgan fingerprint density at radius 3 is 2.80 bits per heavy atom. The molecule has 0 saturated heterocycles. The molecule has 108 valence electrons. The van der Waals surface area contributed by atoms with Crippen LogP contribution in [0.4, 0.5) is 0 Å². The van der Waals surface area contributed by atoms with Gasteiger partial charge in [0.2, 0.25) is 0 Å². The Morgan fingerprint density at radius 2 is 2.10 bits per heavy atom. The van der Waals surface area contributed by atoms with Crippen molar-refractivity contribution in [2.24, 2.45) is 11.8 Å². The smallest absolute Gasteiger partial charge is 0.160 e. The molecule has 5 heteroatoms. The highest BCUT2D eigenvalue weighted by Gasteiger charge is 2.21. The zero-order chi connectivity index (χ0) is 14.1. The Balaban J connectivity index is 1.89. The molecule has 0 radical (unpaired) electrons. The van der Waals surface area contributed by atoms with E-state index in [9.17, 15) is 0 Å². The zero-order valence-corrected chi connectivity index (χ0v) is 14.0. The number of nitrogens with zero attached hydrogens (tertiary/aromatic N) is 3. The fraction of sp³-hybridized carbons (Fsp3) is 0.600. The summed E-state index contributed by atoms with van der Waals surface area (Å²) in [7, 11) is 0. The maximum atomic E-state index is 6.06. The number of halogens is 2. The lowest BCUT2D eigenvalue weighted by Gasteiger charge is -2.26. The fourth-order valence-corrected chi connectivity index (χ4v) is 3.62. The molecule has 0 spiro atoms. The number of aromatic nitrogens is 3. The second kappa shape index (κ2) is 6.02. The SMILES string of the molecule is CC1CCC(Cn2c(CCl)nc3cc(Br)cnc32)CC1. The average Bonchev–Trinajstić information content (AvgIpc) is 2.78. The van der Waals surface area contributed by atoms with Crippen LogP contribution < -0.4 is 0 Å². The largest absolute Gasteiger partial charge is 0.311 e. The normalized spacial score (nSPS) is 23.4. The lowest BCUT2D eigenvalue weighted by Crippen LogP contribution is -2.19. The molecular formula is C15H19BrClN3. The third-order valence-corrected chi connectivity index (χ3v) is 5.00. The van der Waals surface area contributed by atoms with Gasteiger partial charge in [0.15, 0.2) is 5.65 Å². The van der Waals surface area contributed by atoms with E-state index < -0.39 is 0 Å². The van der Waals surface area contributed by atoms with E-state index in [-0.39, 0.29) is 0 Å². The van der Waals surface area contributed by atoms with Crippen molar-refractivity contribution in [2.75, 3.05) is 0 Å². The van der Waals surface area contributed by atoms with Gasteiger partial charge in [-0.25, -0.2) is 9.97 Å². The third kappa shape index (κ3) is 2.86. The van der Waals surface area contributed by atoms with Crippen molar-refractivity contribution < 1.29 is 0 Å². The monoisotopic (exact) mass is 355 g/mol. The molecule has 3 nitrogen and oxygen atoms in total. The van der Waals surface area contributed by atoms with Gasteiger partial charge in [-0.1, -0.05) is 19.8 Å². The maximum Gasteiger partial charge on any atom is 0.160 e. The van der Waals surface area contributed by atoms with Gasteiger partial charge in [-0.05, 0) is 46.7 Å². The number of hydrogen-bond donors (Lipinski definition) is 0. The molecule has 1 saturated carbocycles. The lowest BCUT2D eigenvalue weighted by molar-refractivity contribution is 0.265. The van der Waals surface area contributed by atoms with Crippen molar-refractivity contribution >= 4 is 38.7 Å². The van der Waals surface area contributed by atoms with Crippen LogP contribution in [-0.2, 0) is 12.4 Å². The standard InChI is InChI=1S/C15H19BrClN3/c1-10-2-4-11(5-3-10)9-20-14(7-17)19-13-6-12(16)8-18-15(13)20/h6,8,10-11H,2-5,7,9H2,1H3. The minimum Gasteiger partial charge on any atom is -0.311 e. The molecule has 0 N–H and O–H groups in total. The number of imidazole rings is 1. The first-order valence-electron chi connectivity index (χ1n) is 7.24. The zero-order valence-electron chi connectivity index (χ0n) is 11.6. The Hall–Kier alpha value is -0.610. The van der Waals surface area contributed by atoms with E-state index in [2.05, 4.69) is 37.4 Å². The molecular weight excluding hydrogens is 338 g/mol. The highest BCUT2D eigenvalue weighted by Crippen LogP contribution is 2.31. The van der Waals surface area contributed by atoms with Crippen molar-refractivity contribution in [2.45, 2.75) is 45.0 Å². The molecule has 2 aromatic heterocycles. The Bertz CT molecular complexity index is 602. The summed E-state index contributed by atoms with van der Waals surface area (Å²) in [4.78, 5) is 9.14. The molecule has 2 aromatic rings.